The second-order valence-electron chi connectivity index (χ2n) is 7.13. The maximum absolute atomic E-state index is 15.0. The highest BCUT2D eigenvalue weighted by Gasteiger charge is 2.51. The highest BCUT2D eigenvalue weighted by molar-refractivity contribution is 6.03. The quantitative estimate of drug-likeness (QED) is 0.787. The van der Waals surface area contributed by atoms with Gasteiger partial charge in [-0.05, 0) is 30.0 Å². The molecular weight excluding hydrogens is 382 g/mol. The molecule has 3 heterocycles. The number of hydrogen-bond acceptors (Lipinski definition) is 6. The number of ether oxygens (including phenoxy) is 2. The van der Waals surface area contributed by atoms with E-state index in [9.17, 15) is 10.1 Å². The lowest BCUT2D eigenvalue weighted by atomic mass is 9.73. The van der Waals surface area contributed by atoms with Crippen LogP contribution in [0.1, 0.15) is 42.5 Å². The number of nitriles is 1. The lowest BCUT2D eigenvalue weighted by Gasteiger charge is -2.41. The van der Waals surface area contributed by atoms with E-state index in [0.717, 1.165) is 23.3 Å². The molecule has 150 valence electrons. The maximum Gasteiger partial charge on any atom is 0.255 e. The first kappa shape index (κ1) is 19.1. The van der Waals surface area contributed by atoms with Gasteiger partial charge >= 0.3 is 0 Å². The smallest absolute Gasteiger partial charge is 0.255 e. The molecule has 1 saturated carbocycles. The van der Waals surface area contributed by atoms with Crippen LogP contribution in [0.25, 0.3) is 0 Å². The number of hydrogen-bond donors (Lipinski definition) is 0. The first-order valence-corrected chi connectivity index (χ1v) is 9.15. The van der Waals surface area contributed by atoms with E-state index in [0.29, 0.717) is 18.4 Å². The number of amides is 1. The molecule has 2 aliphatic rings. The third-order valence-electron chi connectivity index (χ3n) is 5.71. The summed E-state index contributed by atoms with van der Waals surface area (Å²) in [5.41, 5.74) is 0.0848. The Balaban J connectivity index is 1.94. The zero-order chi connectivity index (χ0) is 20.8. The molecule has 0 atom stereocenters. The number of pyridine rings is 2. The number of anilines is 1. The molecule has 2 aromatic heterocycles. The van der Waals surface area contributed by atoms with Gasteiger partial charge in [0, 0.05) is 6.20 Å². The van der Waals surface area contributed by atoms with Gasteiger partial charge in [0.2, 0.25) is 17.5 Å². The summed E-state index contributed by atoms with van der Waals surface area (Å²) in [5.74, 6) is -3.48. The van der Waals surface area contributed by atoms with E-state index in [2.05, 4.69) is 9.97 Å². The van der Waals surface area contributed by atoms with Crippen molar-refractivity contribution in [2.75, 3.05) is 19.1 Å². The van der Waals surface area contributed by atoms with Gasteiger partial charge in [0.15, 0.2) is 0 Å². The van der Waals surface area contributed by atoms with Crippen molar-refractivity contribution in [1.82, 2.24) is 9.97 Å². The molecule has 1 aliphatic heterocycles. The van der Waals surface area contributed by atoms with Crippen LogP contribution >= 0.6 is 0 Å². The van der Waals surface area contributed by atoms with Gasteiger partial charge in [-0.1, -0.05) is 12.8 Å². The van der Waals surface area contributed by atoms with Gasteiger partial charge in [-0.3, -0.25) is 4.79 Å². The molecule has 0 radical (unpaired) electrons. The van der Waals surface area contributed by atoms with E-state index in [1.807, 2.05) is 6.07 Å². The Hall–Kier alpha value is -3.28. The minimum atomic E-state index is -1.07. The van der Waals surface area contributed by atoms with Crippen LogP contribution in [0.4, 0.5) is 14.5 Å². The third kappa shape index (κ3) is 2.70. The van der Waals surface area contributed by atoms with Crippen LogP contribution in [0.5, 0.6) is 11.8 Å². The van der Waals surface area contributed by atoms with Crippen molar-refractivity contribution in [3.8, 4) is 17.8 Å². The number of methoxy groups -OCH3 is 2. The Morgan fingerprint density at radius 1 is 1.17 bits per heavy atom. The van der Waals surface area contributed by atoms with Crippen molar-refractivity contribution in [2.24, 2.45) is 0 Å². The van der Waals surface area contributed by atoms with Crippen molar-refractivity contribution in [3.63, 3.8) is 0 Å². The predicted molar refractivity (Wildman–Crippen MR) is 97.5 cm³/mol. The van der Waals surface area contributed by atoms with Gasteiger partial charge < -0.3 is 14.4 Å². The summed E-state index contributed by atoms with van der Waals surface area (Å²) in [7, 11) is 2.40. The Morgan fingerprint density at radius 3 is 2.34 bits per heavy atom. The number of halogens is 2. The molecule has 1 aliphatic carbocycles. The number of rotatable bonds is 3. The molecule has 0 unspecified atom stereocenters. The fourth-order valence-corrected chi connectivity index (χ4v) is 4.37. The van der Waals surface area contributed by atoms with Gasteiger partial charge in [0.05, 0.1) is 26.2 Å². The van der Waals surface area contributed by atoms with Crippen molar-refractivity contribution in [3.05, 3.63) is 40.7 Å². The predicted octanol–water partition coefficient (Wildman–Crippen LogP) is 3.00. The second-order valence-corrected chi connectivity index (χ2v) is 7.13. The molecule has 2 aromatic rings. The minimum Gasteiger partial charge on any atom is -0.479 e. The van der Waals surface area contributed by atoms with E-state index in [1.165, 1.54) is 20.4 Å². The zero-order valence-corrected chi connectivity index (χ0v) is 16.0. The van der Waals surface area contributed by atoms with Crippen LogP contribution in [0.3, 0.4) is 0 Å². The molecule has 9 heteroatoms. The Bertz CT molecular complexity index is 1020. The van der Waals surface area contributed by atoms with Crippen molar-refractivity contribution >= 4 is 11.6 Å². The van der Waals surface area contributed by atoms with Crippen LogP contribution in [-0.4, -0.2) is 30.1 Å². The summed E-state index contributed by atoms with van der Waals surface area (Å²) >= 11 is 0. The summed E-state index contributed by atoms with van der Waals surface area (Å²) in [6, 6.07) is 3.61. The first-order chi connectivity index (χ1) is 14.0. The fourth-order valence-electron chi connectivity index (χ4n) is 4.37. The fraction of sp³-hybridized carbons (Fsp3) is 0.400. The molecule has 1 fully saturated rings. The Kier molecular flexibility index (Phi) is 4.57. The summed E-state index contributed by atoms with van der Waals surface area (Å²) in [6.07, 6.45) is 4.17. The molecule has 0 bridgehead atoms. The molecule has 7 nitrogen and oxygen atoms in total. The second kappa shape index (κ2) is 6.95. The Morgan fingerprint density at radius 2 is 1.79 bits per heavy atom. The lowest BCUT2D eigenvalue weighted by molar-refractivity contribution is -0.124. The number of carbonyl (C=O) groups excluding carboxylic acids is 1. The summed E-state index contributed by atoms with van der Waals surface area (Å²) in [5, 5.41) is 9.21. The largest absolute Gasteiger partial charge is 0.479 e. The molecule has 0 aromatic carbocycles. The minimum absolute atomic E-state index is 0.0845. The third-order valence-corrected chi connectivity index (χ3v) is 5.71. The van der Waals surface area contributed by atoms with Gasteiger partial charge in [-0.15, -0.1) is 0 Å². The van der Waals surface area contributed by atoms with Crippen molar-refractivity contribution in [2.45, 2.75) is 37.6 Å². The topological polar surface area (TPSA) is 88.3 Å². The normalized spacial score (nSPS) is 17.2. The monoisotopic (exact) mass is 400 g/mol. The average molecular weight is 400 g/mol. The number of nitrogens with zero attached hydrogens (tertiary/aromatic N) is 4. The van der Waals surface area contributed by atoms with Gasteiger partial charge in [0.25, 0.3) is 11.8 Å². The van der Waals surface area contributed by atoms with Gasteiger partial charge in [-0.25, -0.2) is 4.98 Å². The summed E-state index contributed by atoms with van der Waals surface area (Å²) in [4.78, 5) is 22.4. The molecule has 4 rings (SSSR count). The van der Waals surface area contributed by atoms with Crippen molar-refractivity contribution in [1.29, 1.82) is 5.26 Å². The maximum atomic E-state index is 15.0. The average Bonchev–Trinajstić information content (AvgIpc) is 3.22. The number of carbonyl (C=O) groups is 1. The molecule has 0 saturated heterocycles. The molecule has 1 spiro atoms. The number of fused-ring (bicyclic) bond motifs is 2. The van der Waals surface area contributed by atoms with E-state index in [4.69, 9.17) is 9.47 Å². The van der Waals surface area contributed by atoms with Crippen LogP contribution < -0.4 is 14.4 Å². The van der Waals surface area contributed by atoms with Crippen LogP contribution in [0, 0.1) is 23.0 Å². The van der Waals surface area contributed by atoms with Crippen LogP contribution in [0.2, 0.25) is 0 Å². The Labute approximate surface area is 165 Å². The molecule has 1 amide bonds. The molecular formula is C20H18F2N4O3. The highest BCUT2D eigenvalue weighted by atomic mass is 19.1. The summed E-state index contributed by atoms with van der Waals surface area (Å²) < 4.78 is 39.9. The van der Waals surface area contributed by atoms with E-state index in [-0.39, 0.29) is 12.2 Å². The lowest BCUT2D eigenvalue weighted by Crippen LogP contribution is -2.50. The summed E-state index contributed by atoms with van der Waals surface area (Å²) in [6.45, 7) is -0.0845. The molecule has 0 N–H and O–H groups in total. The van der Waals surface area contributed by atoms with Crippen molar-refractivity contribution < 1.29 is 23.0 Å². The highest BCUT2D eigenvalue weighted by Crippen LogP contribution is 2.49. The van der Waals surface area contributed by atoms with Gasteiger partial charge in [-0.2, -0.15) is 19.0 Å². The molecule has 29 heavy (non-hydrogen) atoms. The zero-order valence-electron chi connectivity index (χ0n) is 16.0. The van der Waals surface area contributed by atoms with Crippen LogP contribution in [0.15, 0.2) is 12.3 Å². The SMILES string of the molecule is COc1nc(OC)c(F)c(N2Cc3cnc(C#N)cc3C3(CCCC3)C2=O)c1F. The van der Waals surface area contributed by atoms with Gasteiger partial charge in [0.1, 0.15) is 17.5 Å². The van der Waals surface area contributed by atoms with E-state index >= 15 is 8.78 Å². The standard InChI is InChI=1S/C20H18F2N4O3/c1-28-17-14(21)16(15(22)18(25-17)29-2)26-10-11-9-24-12(8-23)7-13(11)20(19(26)27)5-3-4-6-20/h7,9H,3-6,10H2,1-2H3. The van der Waals surface area contributed by atoms with E-state index in [1.54, 1.807) is 6.07 Å². The first-order valence-electron chi connectivity index (χ1n) is 9.15. The number of aromatic nitrogens is 2. The van der Waals surface area contributed by atoms with Crippen LogP contribution in [-0.2, 0) is 16.8 Å². The van der Waals surface area contributed by atoms with E-state index < -0.39 is 40.4 Å².